The van der Waals surface area contributed by atoms with Crippen LogP contribution in [-0.2, 0) is 16.0 Å². The van der Waals surface area contributed by atoms with Crippen molar-refractivity contribution in [2.75, 3.05) is 44.6 Å². The average Bonchev–Trinajstić information content (AvgIpc) is 3.27. The van der Waals surface area contributed by atoms with Gasteiger partial charge in [-0.25, -0.2) is 0 Å². The summed E-state index contributed by atoms with van der Waals surface area (Å²) in [5, 5.41) is 6.21. The van der Waals surface area contributed by atoms with Crippen molar-refractivity contribution in [3.8, 4) is 0 Å². The second-order valence-electron chi connectivity index (χ2n) is 7.33. The van der Waals surface area contributed by atoms with Crippen LogP contribution in [0.4, 0.5) is 5.69 Å². The number of piperazine rings is 1. The average molecular weight is 399 g/mol. The summed E-state index contributed by atoms with van der Waals surface area (Å²) in [7, 11) is 0. The molecule has 0 saturated carbocycles. The lowest BCUT2D eigenvalue weighted by Crippen LogP contribution is -2.52. The van der Waals surface area contributed by atoms with Gasteiger partial charge in [-0.2, -0.15) is 0 Å². The van der Waals surface area contributed by atoms with Gasteiger partial charge in [0, 0.05) is 31.9 Å². The maximum absolute atomic E-state index is 12.4. The van der Waals surface area contributed by atoms with E-state index >= 15 is 0 Å². The summed E-state index contributed by atoms with van der Waals surface area (Å²) >= 11 is 0. The number of rotatable bonds is 8. The molecule has 0 bridgehead atoms. The molecule has 1 saturated heterocycles. The summed E-state index contributed by atoms with van der Waals surface area (Å²) in [6.07, 6.45) is 2.51. The Morgan fingerprint density at radius 3 is 2.55 bits per heavy atom. The number of carbonyl (C=O) groups excluding carboxylic acids is 2. The highest BCUT2D eigenvalue weighted by Crippen LogP contribution is 2.15. The summed E-state index contributed by atoms with van der Waals surface area (Å²) in [4.78, 5) is 28.8. The fourth-order valence-electron chi connectivity index (χ4n) is 3.49. The van der Waals surface area contributed by atoms with Gasteiger partial charge in [-0.1, -0.05) is 25.1 Å². The lowest BCUT2D eigenvalue weighted by molar-refractivity contribution is -0.132. The van der Waals surface area contributed by atoms with Crippen molar-refractivity contribution in [2.45, 2.75) is 26.3 Å². The molecule has 1 aromatic carbocycles. The van der Waals surface area contributed by atoms with Gasteiger partial charge in [-0.05, 0) is 37.1 Å². The zero-order valence-electron chi connectivity index (χ0n) is 17.2. The Bertz CT molecular complexity index is 798. The van der Waals surface area contributed by atoms with Gasteiger partial charge in [0.15, 0.2) is 0 Å². The van der Waals surface area contributed by atoms with E-state index in [2.05, 4.69) is 22.5 Å². The monoisotopic (exact) mass is 398 g/mol. The van der Waals surface area contributed by atoms with Crippen molar-refractivity contribution >= 4 is 17.5 Å². The molecule has 29 heavy (non-hydrogen) atoms. The van der Waals surface area contributed by atoms with Crippen LogP contribution in [0.3, 0.4) is 0 Å². The van der Waals surface area contributed by atoms with Crippen molar-refractivity contribution < 1.29 is 14.0 Å². The van der Waals surface area contributed by atoms with Crippen LogP contribution in [0.25, 0.3) is 0 Å². The number of amides is 2. The summed E-state index contributed by atoms with van der Waals surface area (Å²) in [5.74, 6) is 0.877. The third kappa shape index (κ3) is 5.92. The van der Waals surface area contributed by atoms with Crippen molar-refractivity contribution in [1.82, 2.24) is 15.1 Å². The number of furan rings is 1. The van der Waals surface area contributed by atoms with E-state index in [1.165, 1.54) is 0 Å². The van der Waals surface area contributed by atoms with Crippen LogP contribution < -0.4 is 10.6 Å². The highest BCUT2D eigenvalue weighted by Gasteiger charge is 2.23. The van der Waals surface area contributed by atoms with Crippen LogP contribution in [0, 0.1) is 0 Å². The van der Waals surface area contributed by atoms with Gasteiger partial charge < -0.3 is 14.6 Å². The van der Waals surface area contributed by atoms with Crippen molar-refractivity contribution in [1.29, 1.82) is 0 Å². The molecule has 1 aliphatic rings. The topological polar surface area (TPSA) is 77.8 Å². The molecule has 1 aromatic heterocycles. The molecule has 0 spiro atoms. The Kier molecular flexibility index (Phi) is 7.43. The van der Waals surface area contributed by atoms with Crippen LogP contribution in [0.5, 0.6) is 0 Å². The van der Waals surface area contributed by atoms with E-state index in [0.29, 0.717) is 32.7 Å². The summed E-state index contributed by atoms with van der Waals surface area (Å²) in [5.41, 5.74) is 2.01. The predicted molar refractivity (Wildman–Crippen MR) is 113 cm³/mol. The van der Waals surface area contributed by atoms with E-state index in [9.17, 15) is 9.59 Å². The number of hydrogen-bond acceptors (Lipinski definition) is 5. The quantitative estimate of drug-likeness (QED) is 0.713. The largest absolute Gasteiger partial charge is 0.468 e. The van der Waals surface area contributed by atoms with Gasteiger partial charge >= 0.3 is 0 Å². The number of hydrogen-bond donors (Lipinski definition) is 2. The Hall–Kier alpha value is -2.64. The molecule has 2 heterocycles. The third-order valence-corrected chi connectivity index (χ3v) is 5.29. The molecule has 7 nitrogen and oxygen atoms in total. The van der Waals surface area contributed by atoms with Gasteiger partial charge in [-0.3, -0.25) is 19.8 Å². The standard InChI is InChI=1S/C22H30N4O3/c1-3-18-7-4-5-8-19(18)24-21(27)16-25-10-12-26(13-11-25)22(28)15-23-17(2)20-9-6-14-29-20/h4-9,14,17,23H,3,10-13,15-16H2,1-2H3,(H,24,27)/t17-/m1/s1. The highest BCUT2D eigenvalue weighted by atomic mass is 16.3. The molecule has 1 aliphatic heterocycles. The summed E-state index contributed by atoms with van der Waals surface area (Å²) < 4.78 is 5.35. The first kappa shape index (κ1) is 21.1. The number of carbonyl (C=O) groups is 2. The third-order valence-electron chi connectivity index (χ3n) is 5.29. The Morgan fingerprint density at radius 2 is 1.86 bits per heavy atom. The van der Waals surface area contributed by atoms with Crippen LogP contribution in [0.1, 0.15) is 31.2 Å². The van der Waals surface area contributed by atoms with Crippen LogP contribution >= 0.6 is 0 Å². The zero-order chi connectivity index (χ0) is 20.6. The van der Waals surface area contributed by atoms with Gasteiger partial charge in [0.25, 0.3) is 0 Å². The molecular weight excluding hydrogens is 368 g/mol. The molecule has 0 radical (unpaired) electrons. The SMILES string of the molecule is CCc1ccccc1NC(=O)CN1CCN(C(=O)CN[C@H](C)c2ccco2)CC1. The van der Waals surface area contributed by atoms with Gasteiger partial charge in [0.1, 0.15) is 5.76 Å². The predicted octanol–water partition coefficient (Wildman–Crippen LogP) is 2.28. The van der Waals surface area contributed by atoms with Crippen LogP contribution in [0.2, 0.25) is 0 Å². The van der Waals surface area contributed by atoms with E-state index in [0.717, 1.165) is 23.4 Å². The number of nitrogens with zero attached hydrogens (tertiary/aromatic N) is 2. The number of anilines is 1. The molecule has 3 rings (SSSR count). The second kappa shape index (κ2) is 10.2. The fraction of sp³-hybridized carbons (Fsp3) is 0.455. The molecule has 1 atom stereocenters. The second-order valence-corrected chi connectivity index (χ2v) is 7.33. The first-order chi connectivity index (χ1) is 14.1. The maximum atomic E-state index is 12.4. The number of aryl methyl sites for hydroxylation is 1. The zero-order valence-corrected chi connectivity index (χ0v) is 17.2. The van der Waals surface area contributed by atoms with E-state index < -0.39 is 0 Å². The highest BCUT2D eigenvalue weighted by molar-refractivity contribution is 5.93. The van der Waals surface area contributed by atoms with Crippen LogP contribution in [-0.4, -0.2) is 60.9 Å². The summed E-state index contributed by atoms with van der Waals surface area (Å²) in [6.45, 7) is 7.32. The number of nitrogens with one attached hydrogen (secondary N) is 2. The molecule has 156 valence electrons. The molecule has 1 fully saturated rings. The molecule has 0 unspecified atom stereocenters. The molecule has 7 heteroatoms. The molecule has 0 aliphatic carbocycles. The number of benzene rings is 1. The minimum absolute atomic E-state index is 0.00932. The Labute approximate surface area is 172 Å². The van der Waals surface area contributed by atoms with Crippen molar-refractivity contribution in [3.63, 3.8) is 0 Å². The van der Waals surface area contributed by atoms with E-state index in [4.69, 9.17) is 4.42 Å². The Balaban J connectivity index is 1.39. The number of para-hydroxylation sites is 1. The lowest BCUT2D eigenvalue weighted by atomic mass is 10.1. The maximum Gasteiger partial charge on any atom is 0.238 e. The van der Waals surface area contributed by atoms with Crippen molar-refractivity contribution in [3.05, 3.63) is 54.0 Å². The lowest BCUT2D eigenvalue weighted by Gasteiger charge is -2.34. The minimum Gasteiger partial charge on any atom is -0.468 e. The minimum atomic E-state index is -0.0142. The molecular formula is C22H30N4O3. The summed E-state index contributed by atoms with van der Waals surface area (Å²) in [6, 6.07) is 11.6. The van der Waals surface area contributed by atoms with Crippen LogP contribution in [0.15, 0.2) is 47.1 Å². The van der Waals surface area contributed by atoms with Gasteiger partial charge in [0.2, 0.25) is 11.8 Å². The smallest absolute Gasteiger partial charge is 0.238 e. The molecule has 2 aromatic rings. The van der Waals surface area contributed by atoms with E-state index in [1.54, 1.807) is 6.26 Å². The normalized spacial score (nSPS) is 15.9. The van der Waals surface area contributed by atoms with E-state index in [1.807, 2.05) is 48.2 Å². The van der Waals surface area contributed by atoms with Crippen molar-refractivity contribution in [2.24, 2.45) is 0 Å². The fourth-order valence-corrected chi connectivity index (χ4v) is 3.49. The molecule has 2 amide bonds. The molecule has 2 N–H and O–H groups in total. The first-order valence-corrected chi connectivity index (χ1v) is 10.2. The Morgan fingerprint density at radius 1 is 1.10 bits per heavy atom. The van der Waals surface area contributed by atoms with Gasteiger partial charge in [-0.15, -0.1) is 0 Å². The first-order valence-electron chi connectivity index (χ1n) is 10.2. The van der Waals surface area contributed by atoms with E-state index in [-0.39, 0.29) is 24.4 Å². The van der Waals surface area contributed by atoms with Gasteiger partial charge in [0.05, 0.1) is 25.4 Å².